The van der Waals surface area contributed by atoms with E-state index in [1.54, 1.807) is 12.4 Å². The van der Waals surface area contributed by atoms with Crippen molar-refractivity contribution in [2.24, 2.45) is 0 Å². The lowest BCUT2D eigenvalue weighted by atomic mass is 9.84. The van der Waals surface area contributed by atoms with Gasteiger partial charge in [-0.3, -0.25) is 9.97 Å². The molecule has 4 nitrogen and oxygen atoms in total. The Kier molecular flexibility index (Phi) is 3.44. The Morgan fingerprint density at radius 2 is 1.89 bits per heavy atom. The molecule has 138 valence electrons. The van der Waals surface area contributed by atoms with Gasteiger partial charge in [-0.05, 0) is 49.1 Å². The highest BCUT2D eigenvalue weighted by Gasteiger charge is 2.62. The van der Waals surface area contributed by atoms with Gasteiger partial charge in [0.25, 0.3) is 0 Å². The first-order chi connectivity index (χ1) is 13.0. The van der Waals surface area contributed by atoms with E-state index in [2.05, 4.69) is 32.7 Å². The van der Waals surface area contributed by atoms with Crippen molar-refractivity contribution in [3.05, 3.63) is 71.4 Å². The topological polar surface area (TPSA) is 51.6 Å². The van der Waals surface area contributed by atoms with Crippen molar-refractivity contribution < 1.29 is 8.78 Å². The molecule has 0 amide bonds. The minimum Gasteiger partial charge on any atom is -0.261 e. The molecule has 1 saturated heterocycles. The van der Waals surface area contributed by atoms with Crippen LogP contribution in [0.15, 0.2) is 42.9 Å². The number of rotatable bonds is 2. The Morgan fingerprint density at radius 1 is 1.11 bits per heavy atom. The van der Waals surface area contributed by atoms with Crippen LogP contribution in [0.2, 0.25) is 0 Å². The lowest BCUT2D eigenvalue weighted by molar-refractivity contribution is 0.572. The zero-order chi connectivity index (χ0) is 18.8. The van der Waals surface area contributed by atoms with E-state index in [4.69, 9.17) is 0 Å². The summed E-state index contributed by atoms with van der Waals surface area (Å²) in [6.07, 6.45) is 11.7. The Morgan fingerprint density at radius 3 is 2.59 bits per heavy atom. The van der Waals surface area contributed by atoms with Gasteiger partial charge in [0.15, 0.2) is 0 Å². The van der Waals surface area contributed by atoms with Gasteiger partial charge in [-0.2, -0.15) is 5.10 Å². The summed E-state index contributed by atoms with van der Waals surface area (Å²) in [5.74, 6) is -1.25. The van der Waals surface area contributed by atoms with Crippen LogP contribution in [-0.4, -0.2) is 32.7 Å². The molecule has 2 aliphatic rings. The number of aromatic nitrogens is 4. The lowest BCUT2D eigenvalue weighted by Gasteiger charge is -2.41. The number of hydrogen-bond acceptors (Lipinski definition) is 4. The molecule has 2 aliphatic heterocycles. The second kappa shape index (κ2) is 5.55. The van der Waals surface area contributed by atoms with E-state index in [0.717, 1.165) is 29.8 Å². The van der Waals surface area contributed by atoms with E-state index in [1.165, 1.54) is 18.2 Å². The number of hydrogen-bond donors (Lipinski definition) is 0. The van der Waals surface area contributed by atoms with Crippen LogP contribution in [0.3, 0.4) is 0 Å². The average Bonchev–Trinajstić information content (AvgIpc) is 3.04. The largest absolute Gasteiger partial charge is 0.261 e. The molecule has 0 unspecified atom stereocenters. The molecule has 1 fully saturated rings. The molecular formula is C20H18F2N4S. The van der Waals surface area contributed by atoms with Gasteiger partial charge in [0.2, 0.25) is 0 Å². The van der Waals surface area contributed by atoms with E-state index in [0.29, 0.717) is 5.25 Å². The van der Waals surface area contributed by atoms with E-state index in [-0.39, 0.29) is 16.0 Å². The van der Waals surface area contributed by atoms with Crippen molar-refractivity contribution >= 4 is 10.0 Å². The van der Waals surface area contributed by atoms with Crippen molar-refractivity contribution in [1.29, 1.82) is 0 Å². The van der Waals surface area contributed by atoms with E-state index < -0.39 is 21.7 Å². The quantitative estimate of drug-likeness (QED) is 0.658. The Labute approximate surface area is 157 Å². The van der Waals surface area contributed by atoms with Gasteiger partial charge >= 0.3 is 0 Å². The first-order valence-corrected chi connectivity index (χ1v) is 11.3. The molecule has 1 aromatic carbocycles. The summed E-state index contributed by atoms with van der Waals surface area (Å²) in [5.41, 5.74) is 3.02. The molecule has 5 rings (SSSR count). The van der Waals surface area contributed by atoms with Gasteiger partial charge in [0, 0.05) is 17.6 Å². The summed E-state index contributed by atoms with van der Waals surface area (Å²) < 4.78 is 28.2. The maximum absolute atomic E-state index is 14.2. The molecule has 0 radical (unpaired) electrons. The second-order valence-corrected chi connectivity index (χ2v) is 11.6. The molecule has 3 aromatic rings. The highest BCUT2D eigenvalue weighted by molar-refractivity contribution is 8.34. The minimum atomic E-state index is -1.18. The van der Waals surface area contributed by atoms with Crippen LogP contribution in [0.25, 0.3) is 11.3 Å². The molecule has 4 heterocycles. The fraction of sp³-hybridized carbons (Fsp3) is 0.300. The molecule has 0 N–H and O–H groups in total. The average molecular weight is 384 g/mol. The standard InChI is InChI=1S/C20H18F2N4S/c1-27(2)16-6-7-20(27,17-11-23-8-9-24-17)19-12(16)10-15(25-26-19)18-13(21)4-3-5-14(18)22/h3-5,8-11,16H,6-7H2,1-2H3/t16-,20-/m0/s1. The van der Waals surface area contributed by atoms with E-state index >= 15 is 0 Å². The normalized spacial score (nSPS) is 26.0. The number of benzene rings is 1. The summed E-state index contributed by atoms with van der Waals surface area (Å²) in [6, 6.07) is 5.68. The zero-order valence-corrected chi connectivity index (χ0v) is 15.8. The summed E-state index contributed by atoms with van der Waals surface area (Å²) in [5, 5.41) is 9.06. The first kappa shape index (κ1) is 16.7. The molecule has 27 heavy (non-hydrogen) atoms. The summed E-state index contributed by atoms with van der Waals surface area (Å²) in [6.45, 7) is 0. The fourth-order valence-electron chi connectivity index (χ4n) is 4.83. The monoisotopic (exact) mass is 384 g/mol. The molecule has 2 aromatic heterocycles. The van der Waals surface area contributed by atoms with Gasteiger partial charge < -0.3 is 0 Å². The summed E-state index contributed by atoms with van der Waals surface area (Å²) in [7, 11) is -1.18. The summed E-state index contributed by atoms with van der Waals surface area (Å²) in [4.78, 5) is 8.88. The predicted octanol–water partition coefficient (Wildman–Crippen LogP) is 4.37. The van der Waals surface area contributed by atoms with Crippen molar-refractivity contribution in [3.63, 3.8) is 0 Å². The fourth-order valence-corrected chi connectivity index (χ4v) is 8.78. The zero-order valence-electron chi connectivity index (χ0n) is 15.0. The van der Waals surface area contributed by atoms with Crippen LogP contribution >= 0.6 is 10.0 Å². The van der Waals surface area contributed by atoms with Crippen LogP contribution in [0, 0.1) is 11.6 Å². The number of fused-ring (bicyclic) bond motifs is 5. The van der Waals surface area contributed by atoms with Gasteiger partial charge in [-0.15, -0.1) is 5.10 Å². The lowest BCUT2D eigenvalue weighted by Crippen LogP contribution is -2.29. The molecular weight excluding hydrogens is 366 g/mol. The SMILES string of the molecule is CS1(C)[C@H]2CC[C@]1(c1cnccn1)c1nnc(-c3c(F)cccc3F)cc12. The maximum atomic E-state index is 14.2. The molecule has 2 bridgehead atoms. The molecule has 0 aliphatic carbocycles. The molecule has 0 saturated carbocycles. The van der Waals surface area contributed by atoms with E-state index in [1.807, 2.05) is 12.3 Å². The smallest absolute Gasteiger partial charge is 0.135 e. The third kappa shape index (κ3) is 2.03. The number of halogens is 2. The third-order valence-corrected chi connectivity index (χ3v) is 10.4. The van der Waals surface area contributed by atoms with Gasteiger partial charge in [0.1, 0.15) is 11.6 Å². The highest BCUT2D eigenvalue weighted by atomic mass is 32.3. The third-order valence-electron chi connectivity index (χ3n) is 6.12. The second-order valence-electron chi connectivity index (χ2n) is 7.48. The minimum absolute atomic E-state index is 0.114. The Bertz CT molecular complexity index is 1040. The van der Waals surface area contributed by atoms with Crippen LogP contribution in [-0.2, 0) is 4.75 Å². The first-order valence-electron chi connectivity index (χ1n) is 8.77. The van der Waals surface area contributed by atoms with Crippen molar-refractivity contribution in [3.8, 4) is 11.3 Å². The van der Waals surface area contributed by atoms with Crippen LogP contribution < -0.4 is 0 Å². The molecule has 0 spiro atoms. The van der Waals surface area contributed by atoms with Crippen LogP contribution in [0.5, 0.6) is 0 Å². The van der Waals surface area contributed by atoms with Gasteiger partial charge in [-0.1, -0.05) is 6.07 Å². The van der Waals surface area contributed by atoms with Gasteiger partial charge in [0.05, 0.1) is 33.6 Å². The highest BCUT2D eigenvalue weighted by Crippen LogP contribution is 2.82. The molecule has 7 heteroatoms. The Balaban J connectivity index is 1.74. The van der Waals surface area contributed by atoms with Gasteiger partial charge in [-0.25, -0.2) is 18.8 Å². The Hall–Kier alpha value is -2.41. The van der Waals surface area contributed by atoms with Crippen molar-refractivity contribution in [1.82, 2.24) is 20.2 Å². The van der Waals surface area contributed by atoms with Crippen LogP contribution in [0.4, 0.5) is 8.78 Å². The number of nitrogens with zero attached hydrogens (tertiary/aromatic N) is 4. The van der Waals surface area contributed by atoms with Crippen LogP contribution in [0.1, 0.15) is 35.0 Å². The van der Waals surface area contributed by atoms with Crippen molar-refractivity contribution in [2.75, 3.05) is 12.5 Å². The summed E-state index contributed by atoms with van der Waals surface area (Å²) >= 11 is 0. The van der Waals surface area contributed by atoms with E-state index in [9.17, 15) is 8.78 Å². The molecule has 2 atom stereocenters. The van der Waals surface area contributed by atoms with Crippen molar-refractivity contribution in [2.45, 2.75) is 22.8 Å². The maximum Gasteiger partial charge on any atom is 0.135 e. The predicted molar refractivity (Wildman–Crippen MR) is 102 cm³/mol.